The minimum atomic E-state index is -3.11. The van der Waals surface area contributed by atoms with Gasteiger partial charge in [0.05, 0.1) is 5.75 Å². The van der Waals surface area contributed by atoms with E-state index in [9.17, 15) is 17.6 Å². The monoisotopic (exact) mass is 351 g/mol. The van der Waals surface area contributed by atoms with Crippen molar-refractivity contribution in [3.05, 3.63) is 47.1 Å². The standard InChI is InChI=1S/C18H22FNO3S/c19-17-4-2-1-3-16(17)11-14-5-8-20(9-6-14)18(21)12-15-7-10-24(22,23)13-15/h1-4,7,10,14-15H,5-6,8-9,11-13H2. The Balaban J connectivity index is 1.47. The molecular formula is C18H22FNO3S. The predicted octanol–water partition coefficient (Wildman–Crippen LogP) is 2.56. The van der Waals surface area contributed by atoms with Gasteiger partial charge in [0.2, 0.25) is 5.91 Å². The van der Waals surface area contributed by atoms with Crippen molar-refractivity contribution in [1.82, 2.24) is 4.90 Å². The molecule has 1 aromatic rings. The van der Waals surface area contributed by atoms with Crippen LogP contribution >= 0.6 is 0 Å². The molecule has 0 aromatic heterocycles. The first-order valence-electron chi connectivity index (χ1n) is 8.35. The highest BCUT2D eigenvalue weighted by Gasteiger charge is 2.28. The van der Waals surface area contributed by atoms with Crippen LogP contribution in [0.5, 0.6) is 0 Å². The Morgan fingerprint density at radius 2 is 1.92 bits per heavy atom. The molecule has 1 fully saturated rings. The average molecular weight is 351 g/mol. The van der Waals surface area contributed by atoms with Crippen LogP contribution in [-0.2, 0) is 21.1 Å². The molecule has 4 nitrogen and oxygen atoms in total. The number of piperidine rings is 1. The van der Waals surface area contributed by atoms with Crippen molar-refractivity contribution in [2.24, 2.45) is 11.8 Å². The van der Waals surface area contributed by atoms with Crippen molar-refractivity contribution < 1.29 is 17.6 Å². The summed E-state index contributed by atoms with van der Waals surface area (Å²) < 4.78 is 36.5. The lowest BCUT2D eigenvalue weighted by atomic mass is 9.89. The number of nitrogens with zero attached hydrogens (tertiary/aromatic N) is 1. The van der Waals surface area contributed by atoms with Gasteiger partial charge in [-0.05, 0) is 36.8 Å². The molecule has 0 bridgehead atoms. The average Bonchev–Trinajstić information content (AvgIpc) is 2.89. The van der Waals surface area contributed by atoms with Crippen LogP contribution < -0.4 is 0 Å². The third kappa shape index (κ3) is 4.23. The zero-order valence-electron chi connectivity index (χ0n) is 13.5. The van der Waals surface area contributed by atoms with Gasteiger partial charge in [-0.1, -0.05) is 24.3 Å². The first-order chi connectivity index (χ1) is 11.4. The molecule has 2 aliphatic rings. The quantitative estimate of drug-likeness (QED) is 0.838. The SMILES string of the molecule is O=C(CC1C=CS(=O)(=O)C1)N1CCC(Cc2ccccc2F)CC1. The van der Waals surface area contributed by atoms with E-state index in [0.29, 0.717) is 25.4 Å². The van der Waals surface area contributed by atoms with E-state index >= 15 is 0 Å². The molecule has 1 saturated heterocycles. The molecular weight excluding hydrogens is 329 g/mol. The first kappa shape index (κ1) is 17.1. The minimum absolute atomic E-state index is 0.0195. The summed E-state index contributed by atoms with van der Waals surface area (Å²) in [5.74, 6) is 0.0929. The van der Waals surface area contributed by atoms with E-state index in [1.165, 1.54) is 11.5 Å². The van der Waals surface area contributed by atoms with E-state index in [4.69, 9.17) is 0 Å². The van der Waals surface area contributed by atoms with Gasteiger partial charge in [0.1, 0.15) is 5.82 Å². The van der Waals surface area contributed by atoms with Crippen molar-refractivity contribution in [1.29, 1.82) is 0 Å². The second-order valence-electron chi connectivity index (χ2n) is 6.74. The largest absolute Gasteiger partial charge is 0.343 e. The van der Waals surface area contributed by atoms with E-state index in [1.54, 1.807) is 12.1 Å². The molecule has 2 aliphatic heterocycles. The van der Waals surface area contributed by atoms with Crippen LogP contribution in [-0.4, -0.2) is 38.1 Å². The number of carbonyl (C=O) groups excluding carboxylic acids is 1. The Hall–Kier alpha value is -1.69. The molecule has 3 rings (SSSR count). The predicted molar refractivity (Wildman–Crippen MR) is 90.4 cm³/mol. The van der Waals surface area contributed by atoms with Gasteiger partial charge in [0.15, 0.2) is 9.84 Å². The van der Waals surface area contributed by atoms with Gasteiger partial charge in [-0.15, -0.1) is 0 Å². The number of carbonyl (C=O) groups is 1. The number of allylic oxidation sites excluding steroid dienone is 1. The third-order valence-electron chi connectivity index (χ3n) is 4.87. The van der Waals surface area contributed by atoms with Crippen molar-refractivity contribution in [2.45, 2.75) is 25.7 Å². The van der Waals surface area contributed by atoms with Crippen molar-refractivity contribution >= 4 is 15.7 Å². The number of benzene rings is 1. The maximum Gasteiger partial charge on any atom is 0.223 e. The highest BCUT2D eigenvalue weighted by Crippen LogP contribution is 2.25. The Kier molecular flexibility index (Phi) is 5.04. The van der Waals surface area contributed by atoms with Gasteiger partial charge < -0.3 is 4.90 Å². The van der Waals surface area contributed by atoms with Gasteiger partial charge in [-0.3, -0.25) is 4.79 Å². The van der Waals surface area contributed by atoms with Crippen LogP contribution in [0.4, 0.5) is 4.39 Å². The molecule has 1 atom stereocenters. The van der Waals surface area contributed by atoms with Crippen molar-refractivity contribution in [2.75, 3.05) is 18.8 Å². The van der Waals surface area contributed by atoms with Gasteiger partial charge in [-0.25, -0.2) is 12.8 Å². The molecule has 0 radical (unpaired) electrons. The highest BCUT2D eigenvalue weighted by molar-refractivity contribution is 7.94. The van der Waals surface area contributed by atoms with Crippen LogP contribution in [0.3, 0.4) is 0 Å². The minimum Gasteiger partial charge on any atom is -0.343 e. The third-order valence-corrected chi connectivity index (χ3v) is 6.34. The van der Waals surface area contributed by atoms with E-state index < -0.39 is 9.84 Å². The molecule has 1 amide bonds. The summed E-state index contributed by atoms with van der Waals surface area (Å²) in [5, 5.41) is 1.21. The fourth-order valence-corrected chi connectivity index (χ4v) is 4.88. The number of halogens is 1. The molecule has 0 N–H and O–H groups in total. The summed E-state index contributed by atoms with van der Waals surface area (Å²) in [4.78, 5) is 14.1. The molecule has 2 heterocycles. The maximum atomic E-state index is 13.7. The fourth-order valence-electron chi connectivity index (χ4n) is 3.48. The lowest BCUT2D eigenvalue weighted by Gasteiger charge is -2.32. The molecule has 130 valence electrons. The van der Waals surface area contributed by atoms with Crippen molar-refractivity contribution in [3.8, 4) is 0 Å². The summed E-state index contributed by atoms with van der Waals surface area (Å²) in [6, 6.07) is 6.84. The van der Waals surface area contributed by atoms with Gasteiger partial charge >= 0.3 is 0 Å². The number of hydrogen-bond donors (Lipinski definition) is 0. The zero-order chi connectivity index (χ0) is 17.2. The topological polar surface area (TPSA) is 54.5 Å². The maximum absolute atomic E-state index is 13.7. The molecule has 1 unspecified atom stereocenters. The van der Waals surface area contributed by atoms with E-state index in [1.807, 2.05) is 17.0 Å². The van der Waals surface area contributed by atoms with Crippen LogP contribution in [0.1, 0.15) is 24.8 Å². The zero-order valence-corrected chi connectivity index (χ0v) is 14.3. The highest BCUT2D eigenvalue weighted by atomic mass is 32.2. The summed E-state index contributed by atoms with van der Waals surface area (Å²) >= 11 is 0. The molecule has 24 heavy (non-hydrogen) atoms. The summed E-state index contributed by atoms with van der Waals surface area (Å²) in [6.07, 6.45) is 4.31. The van der Waals surface area contributed by atoms with E-state index in [-0.39, 0.29) is 29.8 Å². The number of sulfone groups is 1. The van der Waals surface area contributed by atoms with E-state index in [2.05, 4.69) is 0 Å². The normalized spacial score (nSPS) is 23.5. The summed E-state index contributed by atoms with van der Waals surface area (Å²) in [6.45, 7) is 1.34. The first-order valence-corrected chi connectivity index (χ1v) is 10.1. The second-order valence-corrected chi connectivity index (χ2v) is 8.67. The van der Waals surface area contributed by atoms with Crippen LogP contribution in [0, 0.1) is 17.7 Å². The molecule has 0 saturated carbocycles. The molecule has 6 heteroatoms. The number of amides is 1. The lowest BCUT2D eigenvalue weighted by molar-refractivity contribution is -0.133. The number of hydrogen-bond acceptors (Lipinski definition) is 3. The van der Waals surface area contributed by atoms with Gasteiger partial charge in [0.25, 0.3) is 0 Å². The molecule has 1 aromatic carbocycles. The summed E-state index contributed by atoms with van der Waals surface area (Å²) in [5.41, 5.74) is 0.739. The van der Waals surface area contributed by atoms with Gasteiger partial charge in [0, 0.05) is 30.8 Å². The lowest BCUT2D eigenvalue weighted by Crippen LogP contribution is -2.39. The van der Waals surface area contributed by atoms with Crippen LogP contribution in [0.2, 0.25) is 0 Å². The Labute approximate surface area is 142 Å². The Morgan fingerprint density at radius 3 is 2.54 bits per heavy atom. The van der Waals surface area contributed by atoms with Crippen molar-refractivity contribution in [3.63, 3.8) is 0 Å². The second kappa shape index (κ2) is 7.05. The van der Waals surface area contributed by atoms with Crippen LogP contribution in [0.15, 0.2) is 35.7 Å². The summed E-state index contributed by atoms with van der Waals surface area (Å²) in [7, 11) is -3.11. The Bertz CT molecular complexity index is 736. The van der Waals surface area contributed by atoms with Gasteiger partial charge in [-0.2, -0.15) is 0 Å². The smallest absolute Gasteiger partial charge is 0.223 e. The molecule has 0 aliphatic carbocycles. The number of likely N-dealkylation sites (tertiary alicyclic amines) is 1. The van der Waals surface area contributed by atoms with E-state index in [0.717, 1.165) is 18.4 Å². The number of rotatable bonds is 4. The molecule has 0 spiro atoms. The fraction of sp³-hybridized carbons (Fsp3) is 0.500. The van der Waals surface area contributed by atoms with Crippen LogP contribution in [0.25, 0.3) is 0 Å². The Morgan fingerprint density at radius 1 is 1.21 bits per heavy atom.